The van der Waals surface area contributed by atoms with Gasteiger partial charge in [0.25, 0.3) is 0 Å². The summed E-state index contributed by atoms with van der Waals surface area (Å²) in [5, 5.41) is 0. The van der Waals surface area contributed by atoms with E-state index in [9.17, 15) is 14.4 Å². The Morgan fingerprint density at radius 1 is 0.270 bits per heavy atom. The van der Waals surface area contributed by atoms with Crippen LogP contribution in [0, 0.1) is 0 Å². The van der Waals surface area contributed by atoms with Crippen molar-refractivity contribution in [2.75, 3.05) is 13.2 Å². The van der Waals surface area contributed by atoms with Crippen LogP contribution in [0.15, 0.2) is 85.1 Å². The van der Waals surface area contributed by atoms with Crippen LogP contribution in [-0.2, 0) is 28.6 Å². The monoisotopic (exact) mass is 1030 g/mol. The molecule has 0 saturated heterocycles. The third-order valence-electron chi connectivity index (χ3n) is 13.6. The molecule has 1 atom stereocenters. The van der Waals surface area contributed by atoms with Gasteiger partial charge in [-0.15, -0.1) is 0 Å². The molecule has 0 rings (SSSR count). The molecule has 426 valence electrons. The Labute approximate surface area is 458 Å². The van der Waals surface area contributed by atoms with E-state index >= 15 is 0 Å². The number of carbonyl (C=O) groups excluding carboxylic acids is 3. The van der Waals surface area contributed by atoms with Gasteiger partial charge in [-0.05, 0) is 122 Å². The fourth-order valence-corrected chi connectivity index (χ4v) is 8.80. The highest BCUT2D eigenvalue weighted by atomic mass is 16.6. The zero-order valence-corrected chi connectivity index (χ0v) is 48.8. The normalized spacial score (nSPS) is 12.6. The first-order chi connectivity index (χ1) is 36.5. The number of hydrogen-bond acceptors (Lipinski definition) is 6. The minimum absolute atomic E-state index is 0.0882. The van der Waals surface area contributed by atoms with Crippen molar-refractivity contribution in [1.29, 1.82) is 0 Å². The van der Waals surface area contributed by atoms with Crippen LogP contribution in [0.5, 0.6) is 0 Å². The van der Waals surface area contributed by atoms with Crippen molar-refractivity contribution >= 4 is 17.9 Å². The summed E-state index contributed by atoms with van der Waals surface area (Å²) in [6, 6.07) is 0. The predicted molar refractivity (Wildman–Crippen MR) is 321 cm³/mol. The van der Waals surface area contributed by atoms with E-state index in [-0.39, 0.29) is 31.1 Å². The second kappa shape index (κ2) is 62.1. The fourth-order valence-electron chi connectivity index (χ4n) is 8.80. The quantitative estimate of drug-likeness (QED) is 0.0261. The highest BCUT2D eigenvalue weighted by Gasteiger charge is 2.19. The molecule has 0 amide bonds. The van der Waals surface area contributed by atoms with Gasteiger partial charge in [0.1, 0.15) is 13.2 Å². The second-order valence-electron chi connectivity index (χ2n) is 21.0. The number of esters is 3. The number of allylic oxidation sites excluding steroid dienone is 14. The largest absolute Gasteiger partial charge is 0.462 e. The van der Waals surface area contributed by atoms with Crippen molar-refractivity contribution in [3.05, 3.63) is 85.1 Å². The molecule has 0 aromatic heterocycles. The topological polar surface area (TPSA) is 78.9 Å². The number of hydrogen-bond donors (Lipinski definition) is 0. The molecule has 0 bridgehead atoms. The van der Waals surface area contributed by atoms with Crippen LogP contribution in [0.4, 0.5) is 0 Å². The summed E-state index contributed by atoms with van der Waals surface area (Å²) in [5.74, 6) is -0.908. The molecule has 74 heavy (non-hydrogen) atoms. The van der Waals surface area contributed by atoms with E-state index < -0.39 is 6.10 Å². The summed E-state index contributed by atoms with van der Waals surface area (Å²) in [7, 11) is 0. The van der Waals surface area contributed by atoms with E-state index in [1.165, 1.54) is 161 Å². The molecule has 0 aromatic carbocycles. The van der Waals surface area contributed by atoms with Crippen LogP contribution < -0.4 is 0 Å². The molecule has 1 unspecified atom stereocenters. The Bertz CT molecular complexity index is 1420. The zero-order chi connectivity index (χ0) is 53.6. The van der Waals surface area contributed by atoms with Crippen molar-refractivity contribution in [3.8, 4) is 0 Å². The van der Waals surface area contributed by atoms with E-state index in [4.69, 9.17) is 14.2 Å². The van der Waals surface area contributed by atoms with Crippen LogP contribution in [0.25, 0.3) is 0 Å². The maximum atomic E-state index is 12.9. The van der Waals surface area contributed by atoms with Gasteiger partial charge in [-0.2, -0.15) is 0 Å². The molecule has 0 aliphatic rings. The minimum atomic E-state index is -0.792. The van der Waals surface area contributed by atoms with Crippen molar-refractivity contribution in [1.82, 2.24) is 0 Å². The lowest BCUT2D eigenvalue weighted by Gasteiger charge is -2.18. The number of carbonyl (C=O) groups is 3. The number of rotatable bonds is 57. The van der Waals surface area contributed by atoms with Gasteiger partial charge in [0.2, 0.25) is 0 Å². The molecule has 6 nitrogen and oxygen atoms in total. The van der Waals surface area contributed by atoms with E-state index in [0.29, 0.717) is 19.3 Å². The Kier molecular flexibility index (Phi) is 59.3. The van der Waals surface area contributed by atoms with Gasteiger partial charge in [0.05, 0.1) is 0 Å². The first-order valence-corrected chi connectivity index (χ1v) is 31.6. The summed E-state index contributed by atoms with van der Waals surface area (Å²) < 4.78 is 16.9. The summed E-state index contributed by atoms with van der Waals surface area (Å²) in [4.78, 5) is 38.3. The standard InChI is InChI=1S/C68H118O6/c1-4-7-10-13-16-19-22-25-27-29-31-33-34-36-37-39-41-43-46-49-52-55-58-61-67(70)73-64-65(63-72-66(69)60-57-54-51-48-45-24-21-18-15-12-9-6-3)74-68(71)62-59-56-53-50-47-44-42-40-38-35-32-30-28-26-23-20-17-14-11-8-5-2/h18,21-23,25-26,29-32,34,36,38,40,65H,4-17,19-20,24,27-28,33,35,37,39,41-64H2,1-3H3/b21-18-,25-22-,26-23-,31-29-,32-30-,36-34-,40-38-. The third kappa shape index (κ3) is 59.5. The van der Waals surface area contributed by atoms with Gasteiger partial charge >= 0.3 is 17.9 Å². The van der Waals surface area contributed by atoms with Crippen LogP contribution >= 0.6 is 0 Å². The number of ether oxygens (including phenoxy) is 3. The average Bonchev–Trinajstić information content (AvgIpc) is 3.40. The van der Waals surface area contributed by atoms with Crippen LogP contribution in [0.2, 0.25) is 0 Å². The van der Waals surface area contributed by atoms with Gasteiger partial charge in [0, 0.05) is 19.3 Å². The third-order valence-corrected chi connectivity index (χ3v) is 13.6. The molecule has 0 aliphatic carbocycles. The minimum Gasteiger partial charge on any atom is -0.462 e. The summed E-state index contributed by atoms with van der Waals surface area (Å²) in [5.41, 5.74) is 0. The lowest BCUT2D eigenvalue weighted by Crippen LogP contribution is -2.30. The lowest BCUT2D eigenvalue weighted by atomic mass is 10.1. The molecule has 0 N–H and O–H groups in total. The van der Waals surface area contributed by atoms with E-state index in [1.807, 2.05) is 0 Å². The van der Waals surface area contributed by atoms with Crippen molar-refractivity contribution in [3.63, 3.8) is 0 Å². The fraction of sp³-hybridized carbons (Fsp3) is 0.750. The lowest BCUT2D eigenvalue weighted by molar-refractivity contribution is -0.167. The number of unbranched alkanes of at least 4 members (excludes halogenated alkanes) is 32. The molecule has 0 aliphatic heterocycles. The Morgan fingerprint density at radius 2 is 0.486 bits per heavy atom. The van der Waals surface area contributed by atoms with E-state index in [2.05, 4.69) is 106 Å². The van der Waals surface area contributed by atoms with E-state index in [0.717, 1.165) is 109 Å². The van der Waals surface area contributed by atoms with Gasteiger partial charge in [-0.1, -0.05) is 254 Å². The summed E-state index contributed by atoms with van der Waals surface area (Å²) >= 11 is 0. The van der Waals surface area contributed by atoms with Gasteiger partial charge in [-0.3, -0.25) is 14.4 Å². The van der Waals surface area contributed by atoms with Crippen LogP contribution in [0.3, 0.4) is 0 Å². The van der Waals surface area contributed by atoms with Gasteiger partial charge in [-0.25, -0.2) is 0 Å². The molecular weight excluding hydrogens is 913 g/mol. The first kappa shape index (κ1) is 70.6. The van der Waals surface area contributed by atoms with Gasteiger partial charge < -0.3 is 14.2 Å². The molecule has 0 radical (unpaired) electrons. The highest BCUT2D eigenvalue weighted by molar-refractivity contribution is 5.71. The van der Waals surface area contributed by atoms with Gasteiger partial charge in [0.15, 0.2) is 6.10 Å². The molecule has 0 aromatic rings. The van der Waals surface area contributed by atoms with Crippen molar-refractivity contribution < 1.29 is 28.6 Å². The van der Waals surface area contributed by atoms with Crippen molar-refractivity contribution in [2.45, 2.75) is 316 Å². The molecule has 0 fully saturated rings. The molecule has 0 heterocycles. The Balaban J connectivity index is 4.37. The predicted octanol–water partition coefficient (Wildman–Crippen LogP) is 21.5. The first-order valence-electron chi connectivity index (χ1n) is 31.6. The molecule has 0 saturated carbocycles. The SMILES string of the molecule is CCCCC/C=C\CCCCCCCC(=O)OCC(COC(=O)CCCCCCCCCC/C=C\C/C=C\C/C=C\CCCCCCC)OC(=O)CCCCCCCC/C=C\C/C=C\C/C=C\CCCCCCC. The second-order valence-corrected chi connectivity index (χ2v) is 21.0. The van der Waals surface area contributed by atoms with Crippen molar-refractivity contribution in [2.24, 2.45) is 0 Å². The van der Waals surface area contributed by atoms with Crippen LogP contribution in [0.1, 0.15) is 310 Å². The average molecular weight is 1030 g/mol. The summed E-state index contributed by atoms with van der Waals surface area (Å²) in [6.45, 7) is 6.59. The Hall–Kier alpha value is -3.41. The van der Waals surface area contributed by atoms with Crippen LogP contribution in [-0.4, -0.2) is 37.2 Å². The molecule has 0 spiro atoms. The Morgan fingerprint density at radius 3 is 0.797 bits per heavy atom. The molecular formula is C68H118O6. The maximum Gasteiger partial charge on any atom is 0.306 e. The maximum absolute atomic E-state index is 12.9. The smallest absolute Gasteiger partial charge is 0.306 e. The molecule has 6 heteroatoms. The van der Waals surface area contributed by atoms with E-state index in [1.54, 1.807) is 0 Å². The highest BCUT2D eigenvalue weighted by Crippen LogP contribution is 2.15. The summed E-state index contributed by atoms with van der Waals surface area (Å²) in [6.07, 6.45) is 81.5. The zero-order valence-electron chi connectivity index (χ0n) is 48.8.